The van der Waals surface area contributed by atoms with E-state index >= 15 is 0 Å². The fourth-order valence-corrected chi connectivity index (χ4v) is 1.86. The van der Waals surface area contributed by atoms with Gasteiger partial charge in [0.15, 0.2) is 0 Å². The predicted octanol–water partition coefficient (Wildman–Crippen LogP) is 3.29. The van der Waals surface area contributed by atoms with Crippen LogP contribution in [-0.2, 0) is 0 Å². The lowest BCUT2D eigenvalue weighted by Gasteiger charge is -2.01. The molecule has 0 spiro atoms. The Kier molecular flexibility index (Phi) is 2.19. The molecule has 0 amide bonds. The Bertz CT molecular complexity index is 468. The molecular weight excluding hydrogens is 280 g/mol. The summed E-state index contributed by atoms with van der Waals surface area (Å²) in [7, 11) is 0. The van der Waals surface area contributed by atoms with Gasteiger partial charge < -0.3 is 0 Å². The summed E-state index contributed by atoms with van der Waals surface area (Å²) >= 11 is 2.18. The number of nitrogens with zero attached hydrogens (tertiary/aromatic N) is 1. The largest absolute Gasteiger partial charge is 0.250 e. The van der Waals surface area contributed by atoms with Crippen molar-refractivity contribution >= 4 is 33.5 Å². The lowest BCUT2D eigenvalue weighted by molar-refractivity contribution is 0.636. The van der Waals surface area contributed by atoms with Crippen LogP contribution in [0, 0.1) is 16.3 Å². The number of hydrogen-bond acceptors (Lipinski definition) is 1. The molecule has 66 valence electrons. The van der Waals surface area contributed by atoms with Gasteiger partial charge in [-0.05, 0) is 53.8 Å². The van der Waals surface area contributed by atoms with E-state index in [9.17, 15) is 4.39 Å². The van der Waals surface area contributed by atoms with Gasteiger partial charge in [-0.1, -0.05) is 0 Å². The number of fused-ring (bicyclic) bond motifs is 1. The van der Waals surface area contributed by atoms with E-state index in [2.05, 4.69) is 27.6 Å². The number of aromatic nitrogens is 1. The molecule has 0 atom stereocenters. The normalized spacial score (nSPS) is 10.7. The molecule has 0 radical (unpaired) electrons. The first-order valence-electron chi connectivity index (χ1n) is 3.90. The fourth-order valence-electron chi connectivity index (χ4n) is 1.25. The van der Waals surface area contributed by atoms with Gasteiger partial charge in [0.25, 0.3) is 0 Å². The van der Waals surface area contributed by atoms with E-state index < -0.39 is 0 Å². The van der Waals surface area contributed by atoms with E-state index in [0.717, 1.165) is 14.7 Å². The maximum atomic E-state index is 13.3. The third-order valence-electron chi connectivity index (χ3n) is 1.89. The molecule has 0 aliphatic carbocycles. The van der Waals surface area contributed by atoms with Gasteiger partial charge in [0.1, 0.15) is 11.3 Å². The van der Waals surface area contributed by atoms with E-state index in [1.54, 1.807) is 6.07 Å². The monoisotopic (exact) mass is 287 g/mol. The first-order chi connectivity index (χ1) is 6.18. The molecule has 1 heterocycles. The lowest BCUT2D eigenvalue weighted by Crippen LogP contribution is -1.89. The Balaban J connectivity index is 2.92. The van der Waals surface area contributed by atoms with Crippen LogP contribution in [0.1, 0.15) is 5.69 Å². The summed E-state index contributed by atoms with van der Waals surface area (Å²) in [5, 5.41) is 0.881. The topological polar surface area (TPSA) is 12.9 Å². The molecule has 1 nitrogen and oxygen atoms in total. The molecule has 1 aromatic heterocycles. The minimum atomic E-state index is -0.251. The Hall–Kier alpha value is -0.710. The first-order valence-corrected chi connectivity index (χ1v) is 4.98. The van der Waals surface area contributed by atoms with Crippen molar-refractivity contribution < 1.29 is 4.39 Å². The predicted molar refractivity (Wildman–Crippen MR) is 59.2 cm³/mol. The van der Waals surface area contributed by atoms with Crippen molar-refractivity contribution in [2.24, 2.45) is 0 Å². The van der Waals surface area contributed by atoms with Crippen LogP contribution in [0.3, 0.4) is 0 Å². The molecule has 0 unspecified atom stereocenters. The molecule has 0 saturated carbocycles. The summed E-state index contributed by atoms with van der Waals surface area (Å²) in [5.41, 5.74) is 1.31. The van der Waals surface area contributed by atoms with Crippen LogP contribution in [0.5, 0.6) is 0 Å². The number of hydrogen-bond donors (Lipinski definition) is 0. The third kappa shape index (κ3) is 1.52. The number of rotatable bonds is 0. The van der Waals surface area contributed by atoms with Gasteiger partial charge >= 0.3 is 0 Å². The van der Waals surface area contributed by atoms with E-state index in [1.807, 2.05) is 19.1 Å². The van der Waals surface area contributed by atoms with Gasteiger partial charge in [0.05, 0.1) is 0 Å². The van der Waals surface area contributed by atoms with E-state index in [4.69, 9.17) is 0 Å². The molecule has 2 aromatic rings. The van der Waals surface area contributed by atoms with Crippen LogP contribution >= 0.6 is 22.6 Å². The van der Waals surface area contributed by atoms with E-state index in [-0.39, 0.29) is 5.82 Å². The Morgan fingerprint density at radius 3 is 2.77 bits per heavy atom. The van der Waals surface area contributed by atoms with Crippen LogP contribution in [0.15, 0.2) is 24.3 Å². The smallest absolute Gasteiger partial charge is 0.149 e. The van der Waals surface area contributed by atoms with Crippen molar-refractivity contribution in [2.45, 2.75) is 6.92 Å². The highest BCUT2D eigenvalue weighted by Gasteiger charge is 2.04. The van der Waals surface area contributed by atoms with Crippen molar-refractivity contribution in [3.05, 3.63) is 39.3 Å². The van der Waals surface area contributed by atoms with Crippen molar-refractivity contribution in [3.8, 4) is 0 Å². The second kappa shape index (κ2) is 3.21. The highest BCUT2D eigenvalue weighted by atomic mass is 127. The number of aryl methyl sites for hydroxylation is 1. The van der Waals surface area contributed by atoms with Crippen molar-refractivity contribution in [2.75, 3.05) is 0 Å². The molecule has 0 aliphatic rings. The summed E-state index contributed by atoms with van der Waals surface area (Å²) in [6.07, 6.45) is 0. The Labute approximate surface area is 89.1 Å². The molecule has 0 saturated heterocycles. The highest BCUT2D eigenvalue weighted by molar-refractivity contribution is 14.1. The molecule has 2 rings (SSSR count). The maximum Gasteiger partial charge on any atom is 0.149 e. The van der Waals surface area contributed by atoms with Crippen LogP contribution in [0.4, 0.5) is 4.39 Å². The Morgan fingerprint density at radius 2 is 2.00 bits per heavy atom. The van der Waals surface area contributed by atoms with Gasteiger partial charge in [0.2, 0.25) is 0 Å². The molecule has 0 bridgehead atoms. The number of benzene rings is 1. The second-order valence-corrected chi connectivity index (χ2v) is 4.04. The standard InChI is InChI=1S/C10H7FIN/c1-6-2-3-7-9(12)5-4-8(11)10(7)13-6/h2-5H,1H3. The Morgan fingerprint density at radius 1 is 1.23 bits per heavy atom. The zero-order valence-corrected chi connectivity index (χ0v) is 9.17. The minimum absolute atomic E-state index is 0.251. The summed E-state index contributed by atoms with van der Waals surface area (Å²) in [5.74, 6) is -0.251. The number of halogens is 2. The lowest BCUT2D eigenvalue weighted by atomic mass is 10.2. The molecular formula is C10H7FIN. The van der Waals surface area contributed by atoms with Crippen molar-refractivity contribution in [1.29, 1.82) is 0 Å². The van der Waals surface area contributed by atoms with Crippen molar-refractivity contribution in [1.82, 2.24) is 4.98 Å². The zero-order valence-electron chi connectivity index (χ0n) is 7.01. The van der Waals surface area contributed by atoms with Gasteiger partial charge in [-0.2, -0.15) is 0 Å². The van der Waals surface area contributed by atoms with Crippen LogP contribution < -0.4 is 0 Å². The molecule has 1 aromatic carbocycles. The maximum absolute atomic E-state index is 13.3. The average Bonchev–Trinajstić information content (AvgIpc) is 2.12. The van der Waals surface area contributed by atoms with Gasteiger partial charge in [-0.15, -0.1) is 0 Å². The van der Waals surface area contributed by atoms with Gasteiger partial charge in [0, 0.05) is 14.7 Å². The molecule has 13 heavy (non-hydrogen) atoms. The minimum Gasteiger partial charge on any atom is -0.250 e. The second-order valence-electron chi connectivity index (χ2n) is 2.88. The molecule has 0 N–H and O–H groups in total. The van der Waals surface area contributed by atoms with Crippen molar-refractivity contribution in [3.63, 3.8) is 0 Å². The molecule has 0 fully saturated rings. The average molecular weight is 287 g/mol. The van der Waals surface area contributed by atoms with Gasteiger partial charge in [-0.3, -0.25) is 4.98 Å². The summed E-state index contributed by atoms with van der Waals surface area (Å²) in [4.78, 5) is 4.16. The van der Waals surface area contributed by atoms with E-state index in [1.165, 1.54) is 6.07 Å². The fraction of sp³-hybridized carbons (Fsp3) is 0.100. The molecule has 3 heteroatoms. The first kappa shape index (κ1) is 8.87. The van der Waals surface area contributed by atoms with Crippen LogP contribution in [-0.4, -0.2) is 4.98 Å². The summed E-state index contributed by atoms with van der Waals surface area (Å²) in [6.45, 7) is 1.86. The third-order valence-corrected chi connectivity index (χ3v) is 2.83. The SMILES string of the molecule is Cc1ccc2c(I)ccc(F)c2n1. The summed E-state index contributed by atoms with van der Waals surface area (Å²) in [6, 6.07) is 7.01. The number of pyridine rings is 1. The quantitative estimate of drug-likeness (QED) is 0.678. The van der Waals surface area contributed by atoms with Crippen LogP contribution in [0.25, 0.3) is 10.9 Å². The van der Waals surface area contributed by atoms with Crippen LogP contribution in [0.2, 0.25) is 0 Å². The summed E-state index contributed by atoms with van der Waals surface area (Å²) < 4.78 is 14.3. The molecule has 0 aliphatic heterocycles. The highest BCUT2D eigenvalue weighted by Crippen LogP contribution is 2.21. The van der Waals surface area contributed by atoms with E-state index in [0.29, 0.717) is 5.52 Å². The van der Waals surface area contributed by atoms with Gasteiger partial charge in [-0.25, -0.2) is 4.39 Å². The zero-order chi connectivity index (χ0) is 9.42.